The summed E-state index contributed by atoms with van der Waals surface area (Å²) in [5, 5.41) is 0.585. The second kappa shape index (κ2) is 8.22. The Kier molecular flexibility index (Phi) is 6.15. The molecule has 0 bridgehead atoms. The lowest BCUT2D eigenvalue weighted by Gasteiger charge is -2.42. The predicted molar refractivity (Wildman–Crippen MR) is 105 cm³/mol. The Morgan fingerprint density at radius 3 is 2.56 bits per heavy atom. The average Bonchev–Trinajstić information content (AvgIpc) is 3.15. The molecule has 2 aliphatic rings. The Hall–Kier alpha value is -1.55. The molecule has 4 nitrogen and oxygen atoms in total. The molecule has 5 heteroatoms. The molecule has 1 heterocycles. The van der Waals surface area contributed by atoms with Crippen LogP contribution in [0.3, 0.4) is 0 Å². The highest BCUT2D eigenvalue weighted by atomic mass is 35.5. The maximum absolute atomic E-state index is 12.5. The first-order valence-electron chi connectivity index (χ1n) is 10.0. The summed E-state index contributed by atoms with van der Waals surface area (Å²) in [6.45, 7) is 5.58. The summed E-state index contributed by atoms with van der Waals surface area (Å²) >= 11 is 6.36. The van der Waals surface area contributed by atoms with Crippen LogP contribution in [-0.4, -0.2) is 23.5 Å². The molecule has 1 saturated heterocycles. The van der Waals surface area contributed by atoms with Crippen LogP contribution in [0.1, 0.15) is 64.9 Å². The van der Waals surface area contributed by atoms with Crippen LogP contribution >= 0.6 is 11.6 Å². The number of cyclic esters (lactones) is 1. The molecule has 0 radical (unpaired) electrons. The minimum Gasteiger partial charge on any atom is -0.489 e. The van der Waals surface area contributed by atoms with E-state index >= 15 is 0 Å². The Bertz CT molecular complexity index is 688. The Balaban J connectivity index is 1.76. The van der Waals surface area contributed by atoms with Crippen molar-refractivity contribution in [1.82, 2.24) is 0 Å². The lowest BCUT2D eigenvalue weighted by Crippen LogP contribution is -2.51. The van der Waals surface area contributed by atoms with Crippen LogP contribution in [0.15, 0.2) is 18.2 Å². The minimum atomic E-state index is -0.656. The van der Waals surface area contributed by atoms with E-state index in [1.165, 1.54) is 0 Å². The van der Waals surface area contributed by atoms with E-state index in [1.54, 1.807) is 6.92 Å². The van der Waals surface area contributed by atoms with Crippen molar-refractivity contribution in [2.75, 3.05) is 0 Å². The molecule has 1 aliphatic carbocycles. The van der Waals surface area contributed by atoms with Crippen LogP contribution in [-0.2, 0) is 20.7 Å². The standard InChI is InChI=1S/C22H29ClO4/c1-14(2)26-20-9-8-16(12-18(20)23)10-11-22(17-6-4-5-7-17)13-19(24)15(3)21(25)27-22/h8-9,12,14-15,17H,4-7,10-11,13H2,1-3H3. The van der Waals surface area contributed by atoms with E-state index in [9.17, 15) is 9.59 Å². The number of halogens is 1. The second-order valence-corrected chi connectivity index (χ2v) is 8.67. The molecule has 1 aromatic rings. The third kappa shape index (κ3) is 4.48. The number of carbonyl (C=O) groups is 2. The quantitative estimate of drug-likeness (QED) is 0.496. The third-order valence-corrected chi connectivity index (χ3v) is 6.20. The highest BCUT2D eigenvalue weighted by Gasteiger charge is 2.50. The fraction of sp³-hybridized carbons (Fsp3) is 0.636. The van der Waals surface area contributed by atoms with Crippen LogP contribution in [0.25, 0.3) is 0 Å². The topological polar surface area (TPSA) is 52.6 Å². The van der Waals surface area contributed by atoms with Gasteiger partial charge in [-0.2, -0.15) is 0 Å². The van der Waals surface area contributed by atoms with Gasteiger partial charge in [-0.3, -0.25) is 9.59 Å². The van der Waals surface area contributed by atoms with Gasteiger partial charge in [0.25, 0.3) is 0 Å². The van der Waals surface area contributed by atoms with E-state index in [-0.39, 0.29) is 23.8 Å². The summed E-state index contributed by atoms with van der Waals surface area (Å²) in [7, 11) is 0. The van der Waals surface area contributed by atoms with Gasteiger partial charge in [0, 0.05) is 6.42 Å². The number of ether oxygens (including phenoxy) is 2. The molecule has 27 heavy (non-hydrogen) atoms. The molecule has 0 amide bonds. The van der Waals surface area contributed by atoms with Gasteiger partial charge >= 0.3 is 5.97 Å². The summed E-state index contributed by atoms with van der Waals surface area (Å²) in [4.78, 5) is 24.8. The molecular weight excluding hydrogens is 364 g/mol. The molecule has 1 aliphatic heterocycles. The van der Waals surface area contributed by atoms with Crippen LogP contribution in [0.4, 0.5) is 0 Å². The molecule has 1 saturated carbocycles. The lowest BCUT2D eigenvalue weighted by molar-refractivity contribution is -0.184. The highest BCUT2D eigenvalue weighted by Crippen LogP contribution is 2.44. The zero-order valence-electron chi connectivity index (χ0n) is 16.4. The van der Waals surface area contributed by atoms with E-state index in [4.69, 9.17) is 21.1 Å². The minimum absolute atomic E-state index is 0.0110. The SMILES string of the molecule is CC(C)Oc1ccc(CCC2(C3CCCC3)CC(=O)C(C)C(=O)O2)cc1Cl. The first-order valence-corrected chi connectivity index (χ1v) is 10.4. The number of hydrogen-bond acceptors (Lipinski definition) is 4. The molecule has 148 valence electrons. The van der Waals surface area contributed by atoms with Crippen molar-refractivity contribution in [3.8, 4) is 5.75 Å². The van der Waals surface area contributed by atoms with E-state index in [2.05, 4.69) is 0 Å². The maximum atomic E-state index is 12.5. The van der Waals surface area contributed by atoms with Gasteiger partial charge < -0.3 is 9.47 Å². The molecule has 1 aromatic carbocycles. The number of benzene rings is 1. The third-order valence-electron chi connectivity index (χ3n) is 5.91. The van der Waals surface area contributed by atoms with Crippen LogP contribution in [0, 0.1) is 11.8 Å². The van der Waals surface area contributed by atoms with Crippen molar-refractivity contribution in [3.05, 3.63) is 28.8 Å². The van der Waals surface area contributed by atoms with Crippen molar-refractivity contribution in [3.63, 3.8) is 0 Å². The summed E-state index contributed by atoms with van der Waals surface area (Å²) in [6.07, 6.45) is 6.10. The van der Waals surface area contributed by atoms with E-state index in [0.717, 1.165) is 31.2 Å². The van der Waals surface area contributed by atoms with E-state index in [1.807, 2.05) is 32.0 Å². The fourth-order valence-electron chi connectivity index (χ4n) is 4.33. The van der Waals surface area contributed by atoms with E-state index in [0.29, 0.717) is 30.0 Å². The zero-order valence-corrected chi connectivity index (χ0v) is 17.2. The number of esters is 1. The van der Waals surface area contributed by atoms with Crippen molar-refractivity contribution < 1.29 is 19.1 Å². The molecular formula is C22H29ClO4. The summed E-state index contributed by atoms with van der Waals surface area (Å²) in [6, 6.07) is 5.80. The van der Waals surface area contributed by atoms with Crippen molar-refractivity contribution in [2.24, 2.45) is 11.8 Å². The monoisotopic (exact) mass is 392 g/mol. The number of rotatable bonds is 6. The molecule has 2 unspecified atom stereocenters. The van der Waals surface area contributed by atoms with Crippen molar-refractivity contribution >= 4 is 23.4 Å². The Morgan fingerprint density at radius 1 is 1.26 bits per heavy atom. The van der Waals surface area contributed by atoms with Gasteiger partial charge in [0.05, 0.1) is 11.1 Å². The van der Waals surface area contributed by atoms with Crippen LogP contribution in [0.2, 0.25) is 5.02 Å². The largest absolute Gasteiger partial charge is 0.489 e. The first-order chi connectivity index (χ1) is 12.8. The molecule has 2 atom stereocenters. The van der Waals surface area contributed by atoms with Crippen LogP contribution < -0.4 is 4.74 Å². The predicted octanol–water partition coefficient (Wildman–Crippen LogP) is 5.14. The second-order valence-electron chi connectivity index (χ2n) is 8.26. The number of ketones is 1. The number of carbonyl (C=O) groups excluding carboxylic acids is 2. The fourth-order valence-corrected chi connectivity index (χ4v) is 4.58. The molecule has 3 rings (SSSR count). The van der Waals surface area contributed by atoms with Gasteiger partial charge in [-0.15, -0.1) is 0 Å². The normalized spacial score (nSPS) is 26.5. The average molecular weight is 393 g/mol. The highest BCUT2D eigenvalue weighted by molar-refractivity contribution is 6.32. The lowest BCUT2D eigenvalue weighted by atomic mass is 9.74. The summed E-state index contributed by atoms with van der Waals surface area (Å²) in [5.41, 5.74) is 0.409. The summed E-state index contributed by atoms with van der Waals surface area (Å²) in [5.74, 6) is -0.0406. The maximum Gasteiger partial charge on any atom is 0.316 e. The molecule has 0 spiro atoms. The molecule has 2 fully saturated rings. The Labute approximate surface area is 166 Å². The van der Waals surface area contributed by atoms with E-state index < -0.39 is 11.5 Å². The molecule has 0 aromatic heterocycles. The van der Waals surface area contributed by atoms with Crippen molar-refractivity contribution in [2.45, 2.75) is 77.4 Å². The smallest absolute Gasteiger partial charge is 0.316 e. The number of Topliss-reactive ketones (excluding diaryl/α,β-unsaturated/α-hetero) is 1. The summed E-state index contributed by atoms with van der Waals surface area (Å²) < 4.78 is 11.6. The van der Waals surface area contributed by atoms with Crippen molar-refractivity contribution in [1.29, 1.82) is 0 Å². The van der Waals surface area contributed by atoms with Gasteiger partial charge in [0.15, 0.2) is 5.78 Å². The van der Waals surface area contributed by atoms with Gasteiger partial charge in [0.2, 0.25) is 0 Å². The van der Waals surface area contributed by atoms with Gasteiger partial charge in [0.1, 0.15) is 17.3 Å². The molecule has 0 N–H and O–H groups in total. The van der Waals surface area contributed by atoms with Gasteiger partial charge in [-0.05, 0) is 70.1 Å². The zero-order chi connectivity index (χ0) is 19.6. The Morgan fingerprint density at radius 2 is 1.96 bits per heavy atom. The van der Waals surface area contributed by atoms with Gasteiger partial charge in [-0.25, -0.2) is 0 Å². The number of aryl methyl sites for hydroxylation is 1. The number of hydrogen-bond donors (Lipinski definition) is 0. The first kappa shape index (κ1) is 20.2. The van der Waals surface area contributed by atoms with Gasteiger partial charge in [-0.1, -0.05) is 30.5 Å². The van der Waals surface area contributed by atoms with Crippen LogP contribution in [0.5, 0.6) is 5.75 Å².